The van der Waals surface area contributed by atoms with Gasteiger partial charge in [0.2, 0.25) is 5.95 Å². The molecule has 0 aliphatic carbocycles. The molecule has 0 aromatic carbocycles. The van der Waals surface area contributed by atoms with Crippen molar-refractivity contribution in [2.24, 2.45) is 0 Å². The summed E-state index contributed by atoms with van der Waals surface area (Å²) >= 11 is 1.65. The molecule has 1 unspecified atom stereocenters. The first kappa shape index (κ1) is 10.0. The van der Waals surface area contributed by atoms with E-state index in [0.29, 0.717) is 5.95 Å². The van der Waals surface area contributed by atoms with Crippen LogP contribution in [0.2, 0.25) is 0 Å². The fourth-order valence-electron chi connectivity index (χ4n) is 1.22. The van der Waals surface area contributed by atoms with Crippen LogP contribution in [0.5, 0.6) is 0 Å². The molecule has 0 spiro atoms. The highest BCUT2D eigenvalue weighted by Gasteiger charge is 2.09. The molecule has 4 nitrogen and oxygen atoms in total. The molecule has 1 atom stereocenters. The number of thiazole rings is 1. The average Bonchev–Trinajstić information content (AvgIpc) is 2.66. The highest BCUT2D eigenvalue weighted by atomic mass is 32.1. The molecule has 0 saturated carbocycles. The number of nitrogens with zero attached hydrogens (tertiary/aromatic N) is 3. The van der Waals surface area contributed by atoms with Crippen LogP contribution in [0.4, 0.5) is 5.95 Å². The van der Waals surface area contributed by atoms with E-state index in [1.807, 2.05) is 13.8 Å². The smallest absolute Gasteiger partial charge is 0.223 e. The summed E-state index contributed by atoms with van der Waals surface area (Å²) in [5.41, 5.74) is 1.03. The number of aryl methyl sites for hydroxylation is 1. The van der Waals surface area contributed by atoms with Crippen LogP contribution in [0.25, 0.3) is 0 Å². The first-order chi connectivity index (χ1) is 7.25. The summed E-state index contributed by atoms with van der Waals surface area (Å²) in [6.07, 6.45) is 3.43. The molecule has 0 saturated heterocycles. The second-order valence-corrected chi connectivity index (χ2v) is 4.29. The predicted octanol–water partition coefficient (Wildman–Crippen LogP) is 2.41. The Bertz CT molecular complexity index is 426. The Labute approximate surface area is 92.4 Å². The quantitative estimate of drug-likeness (QED) is 0.863. The van der Waals surface area contributed by atoms with Crippen molar-refractivity contribution in [3.63, 3.8) is 0 Å². The molecule has 78 valence electrons. The number of anilines is 1. The lowest BCUT2D eigenvalue weighted by Gasteiger charge is -2.10. The summed E-state index contributed by atoms with van der Waals surface area (Å²) in [7, 11) is 0. The number of aromatic nitrogens is 3. The molecular weight excluding hydrogens is 208 g/mol. The SMILES string of the molecule is Cc1nc(C(C)Nc2ncccn2)cs1. The fourth-order valence-corrected chi connectivity index (χ4v) is 1.93. The molecule has 0 bridgehead atoms. The van der Waals surface area contributed by atoms with Crippen molar-refractivity contribution in [1.82, 2.24) is 15.0 Å². The molecule has 2 aromatic rings. The minimum atomic E-state index is 0.136. The lowest BCUT2D eigenvalue weighted by atomic mass is 10.3. The predicted molar refractivity (Wildman–Crippen MR) is 60.9 cm³/mol. The Balaban J connectivity index is 2.07. The molecule has 15 heavy (non-hydrogen) atoms. The Morgan fingerprint density at radius 1 is 1.33 bits per heavy atom. The van der Waals surface area contributed by atoms with Crippen molar-refractivity contribution in [1.29, 1.82) is 0 Å². The van der Waals surface area contributed by atoms with E-state index < -0.39 is 0 Å². The van der Waals surface area contributed by atoms with E-state index in [2.05, 4.69) is 25.6 Å². The van der Waals surface area contributed by atoms with Gasteiger partial charge in [-0.25, -0.2) is 15.0 Å². The second-order valence-electron chi connectivity index (χ2n) is 3.23. The van der Waals surface area contributed by atoms with E-state index in [1.165, 1.54) is 0 Å². The average molecular weight is 220 g/mol. The molecular formula is C10H12N4S. The summed E-state index contributed by atoms with van der Waals surface area (Å²) < 4.78 is 0. The first-order valence-electron chi connectivity index (χ1n) is 4.71. The van der Waals surface area contributed by atoms with Crippen LogP contribution in [0, 0.1) is 6.92 Å². The molecule has 0 aliphatic heterocycles. The van der Waals surface area contributed by atoms with Crippen LogP contribution in [-0.4, -0.2) is 15.0 Å². The van der Waals surface area contributed by atoms with Crippen LogP contribution >= 0.6 is 11.3 Å². The Hall–Kier alpha value is -1.49. The van der Waals surface area contributed by atoms with Crippen molar-refractivity contribution in [3.8, 4) is 0 Å². The Kier molecular flexibility index (Phi) is 2.91. The number of hydrogen-bond donors (Lipinski definition) is 1. The molecule has 2 heterocycles. The van der Waals surface area contributed by atoms with Gasteiger partial charge in [0.15, 0.2) is 0 Å². The Morgan fingerprint density at radius 2 is 2.07 bits per heavy atom. The fraction of sp³-hybridized carbons (Fsp3) is 0.300. The zero-order valence-electron chi connectivity index (χ0n) is 8.64. The lowest BCUT2D eigenvalue weighted by Crippen LogP contribution is -2.09. The van der Waals surface area contributed by atoms with E-state index in [1.54, 1.807) is 29.8 Å². The summed E-state index contributed by atoms with van der Waals surface area (Å²) in [6.45, 7) is 4.05. The number of nitrogens with one attached hydrogen (secondary N) is 1. The van der Waals surface area contributed by atoms with Gasteiger partial charge in [-0.3, -0.25) is 0 Å². The number of rotatable bonds is 3. The van der Waals surface area contributed by atoms with Crippen LogP contribution in [0.3, 0.4) is 0 Å². The van der Waals surface area contributed by atoms with Gasteiger partial charge in [-0.15, -0.1) is 11.3 Å². The van der Waals surface area contributed by atoms with Gasteiger partial charge in [0, 0.05) is 17.8 Å². The highest BCUT2D eigenvalue weighted by molar-refractivity contribution is 7.09. The van der Waals surface area contributed by atoms with Gasteiger partial charge >= 0.3 is 0 Å². The van der Waals surface area contributed by atoms with Crippen LogP contribution in [0.15, 0.2) is 23.8 Å². The third-order valence-electron chi connectivity index (χ3n) is 1.99. The van der Waals surface area contributed by atoms with Gasteiger partial charge in [-0.05, 0) is 19.9 Å². The largest absolute Gasteiger partial charge is 0.346 e. The normalized spacial score (nSPS) is 12.4. The maximum Gasteiger partial charge on any atom is 0.223 e. The van der Waals surface area contributed by atoms with Gasteiger partial charge in [0.05, 0.1) is 16.7 Å². The van der Waals surface area contributed by atoms with Crippen LogP contribution in [-0.2, 0) is 0 Å². The van der Waals surface area contributed by atoms with E-state index in [-0.39, 0.29) is 6.04 Å². The van der Waals surface area contributed by atoms with Crippen molar-refractivity contribution < 1.29 is 0 Å². The second kappa shape index (κ2) is 4.35. The van der Waals surface area contributed by atoms with E-state index >= 15 is 0 Å². The van der Waals surface area contributed by atoms with E-state index in [4.69, 9.17) is 0 Å². The summed E-state index contributed by atoms with van der Waals surface area (Å²) in [4.78, 5) is 12.6. The monoisotopic (exact) mass is 220 g/mol. The maximum atomic E-state index is 4.41. The van der Waals surface area contributed by atoms with Gasteiger partial charge < -0.3 is 5.32 Å². The molecule has 0 amide bonds. The van der Waals surface area contributed by atoms with Crippen molar-refractivity contribution in [3.05, 3.63) is 34.5 Å². The summed E-state index contributed by atoms with van der Waals surface area (Å²) in [5, 5.41) is 6.32. The van der Waals surface area contributed by atoms with Crippen molar-refractivity contribution >= 4 is 17.3 Å². The Morgan fingerprint density at radius 3 is 2.67 bits per heavy atom. The molecule has 1 N–H and O–H groups in total. The first-order valence-corrected chi connectivity index (χ1v) is 5.59. The third-order valence-corrected chi connectivity index (χ3v) is 2.78. The zero-order chi connectivity index (χ0) is 10.7. The topological polar surface area (TPSA) is 50.7 Å². The van der Waals surface area contributed by atoms with Crippen molar-refractivity contribution in [2.45, 2.75) is 19.9 Å². The summed E-state index contributed by atoms with van der Waals surface area (Å²) in [6, 6.07) is 1.93. The van der Waals surface area contributed by atoms with E-state index in [0.717, 1.165) is 10.7 Å². The maximum absolute atomic E-state index is 4.41. The van der Waals surface area contributed by atoms with Gasteiger partial charge in [0.1, 0.15) is 0 Å². The highest BCUT2D eigenvalue weighted by Crippen LogP contribution is 2.18. The lowest BCUT2D eigenvalue weighted by molar-refractivity contribution is 0.827. The molecule has 0 fully saturated rings. The van der Waals surface area contributed by atoms with Crippen LogP contribution in [0.1, 0.15) is 23.7 Å². The summed E-state index contributed by atoms with van der Waals surface area (Å²) in [5.74, 6) is 0.635. The molecule has 5 heteroatoms. The number of hydrogen-bond acceptors (Lipinski definition) is 5. The van der Waals surface area contributed by atoms with Gasteiger partial charge in [-0.1, -0.05) is 0 Å². The van der Waals surface area contributed by atoms with Gasteiger partial charge in [-0.2, -0.15) is 0 Å². The molecule has 0 aliphatic rings. The third kappa shape index (κ3) is 2.50. The minimum absolute atomic E-state index is 0.136. The van der Waals surface area contributed by atoms with E-state index in [9.17, 15) is 0 Å². The molecule has 2 aromatic heterocycles. The molecule has 0 radical (unpaired) electrons. The molecule has 2 rings (SSSR count). The van der Waals surface area contributed by atoms with Gasteiger partial charge in [0.25, 0.3) is 0 Å². The van der Waals surface area contributed by atoms with Crippen LogP contribution < -0.4 is 5.32 Å². The van der Waals surface area contributed by atoms with Crippen molar-refractivity contribution in [2.75, 3.05) is 5.32 Å². The minimum Gasteiger partial charge on any atom is -0.346 e. The standard InChI is InChI=1S/C10H12N4S/c1-7(9-6-15-8(2)14-9)13-10-11-4-3-5-12-10/h3-7H,1-2H3,(H,11,12,13). The zero-order valence-corrected chi connectivity index (χ0v) is 9.45.